The van der Waals surface area contributed by atoms with Gasteiger partial charge in [0.2, 0.25) is 5.91 Å². The third kappa shape index (κ3) is 2.12. The standard InChI is InChI=1S/C7H10F3NO2/c1-6(2)5(7(8,9)10)13-3-4(12)11-6/h5H,3H2,1-2H3,(H,11,12). The lowest BCUT2D eigenvalue weighted by molar-refractivity contribution is -0.247. The molecule has 13 heavy (non-hydrogen) atoms. The number of nitrogens with one attached hydrogen (secondary N) is 1. The van der Waals surface area contributed by atoms with Crippen molar-refractivity contribution < 1.29 is 22.7 Å². The number of ether oxygens (including phenoxy) is 1. The fraction of sp³-hybridized carbons (Fsp3) is 0.857. The highest BCUT2D eigenvalue weighted by Gasteiger charge is 2.53. The van der Waals surface area contributed by atoms with E-state index in [2.05, 4.69) is 10.1 Å². The van der Waals surface area contributed by atoms with Crippen LogP contribution in [0, 0.1) is 0 Å². The highest BCUT2D eigenvalue weighted by molar-refractivity contribution is 5.78. The van der Waals surface area contributed by atoms with E-state index in [4.69, 9.17) is 0 Å². The number of morpholine rings is 1. The van der Waals surface area contributed by atoms with Crippen LogP contribution in [0.3, 0.4) is 0 Å². The fourth-order valence-corrected chi connectivity index (χ4v) is 1.33. The van der Waals surface area contributed by atoms with E-state index >= 15 is 0 Å². The van der Waals surface area contributed by atoms with Crippen LogP contribution in [0.2, 0.25) is 0 Å². The van der Waals surface area contributed by atoms with E-state index in [1.54, 1.807) is 0 Å². The quantitative estimate of drug-likeness (QED) is 0.625. The Balaban J connectivity index is 2.82. The minimum atomic E-state index is -4.45. The SMILES string of the molecule is CC1(C)NC(=O)COC1C(F)(F)F. The first-order chi connectivity index (χ1) is 5.73. The molecule has 1 atom stereocenters. The Morgan fingerprint density at radius 3 is 2.46 bits per heavy atom. The lowest BCUT2D eigenvalue weighted by atomic mass is 9.95. The molecule has 1 N–H and O–H groups in total. The number of alkyl halides is 3. The topological polar surface area (TPSA) is 38.3 Å². The first-order valence-electron chi connectivity index (χ1n) is 3.73. The average Bonchev–Trinajstić information content (AvgIpc) is 1.79. The van der Waals surface area contributed by atoms with Gasteiger partial charge in [-0.3, -0.25) is 4.79 Å². The van der Waals surface area contributed by atoms with Crippen LogP contribution in [0.15, 0.2) is 0 Å². The average molecular weight is 197 g/mol. The van der Waals surface area contributed by atoms with Crippen LogP contribution in [0.1, 0.15) is 13.8 Å². The van der Waals surface area contributed by atoms with E-state index in [0.29, 0.717) is 0 Å². The van der Waals surface area contributed by atoms with Gasteiger partial charge in [0.25, 0.3) is 0 Å². The van der Waals surface area contributed by atoms with Crippen molar-refractivity contribution >= 4 is 5.91 Å². The zero-order valence-corrected chi connectivity index (χ0v) is 7.23. The lowest BCUT2D eigenvalue weighted by Gasteiger charge is -2.39. The zero-order chi connectivity index (χ0) is 10.3. The Bertz CT molecular complexity index is 224. The molecule has 0 radical (unpaired) electrons. The minimum absolute atomic E-state index is 0.523. The van der Waals surface area contributed by atoms with Crippen molar-refractivity contribution in [3.05, 3.63) is 0 Å². The molecule has 1 rings (SSSR count). The normalized spacial score (nSPS) is 28.4. The van der Waals surface area contributed by atoms with Crippen LogP contribution in [-0.4, -0.2) is 30.3 Å². The fourth-order valence-electron chi connectivity index (χ4n) is 1.33. The van der Waals surface area contributed by atoms with Gasteiger partial charge in [-0.25, -0.2) is 0 Å². The summed E-state index contributed by atoms with van der Waals surface area (Å²) in [7, 11) is 0. The van der Waals surface area contributed by atoms with E-state index in [1.165, 1.54) is 13.8 Å². The van der Waals surface area contributed by atoms with Gasteiger partial charge in [-0.1, -0.05) is 0 Å². The molecule has 0 aliphatic carbocycles. The molecule has 1 unspecified atom stereocenters. The maximum Gasteiger partial charge on any atom is 0.416 e. The number of carbonyl (C=O) groups is 1. The Kier molecular flexibility index (Phi) is 2.27. The molecule has 6 heteroatoms. The molecule has 0 spiro atoms. The van der Waals surface area contributed by atoms with E-state index in [0.717, 1.165) is 0 Å². The van der Waals surface area contributed by atoms with Gasteiger partial charge in [0.05, 0.1) is 5.54 Å². The van der Waals surface area contributed by atoms with Crippen molar-refractivity contribution in [3.63, 3.8) is 0 Å². The largest absolute Gasteiger partial charge is 0.416 e. The minimum Gasteiger partial charge on any atom is -0.356 e. The van der Waals surface area contributed by atoms with E-state index in [9.17, 15) is 18.0 Å². The third-order valence-corrected chi connectivity index (χ3v) is 1.80. The van der Waals surface area contributed by atoms with Gasteiger partial charge in [0.1, 0.15) is 6.61 Å². The summed E-state index contributed by atoms with van der Waals surface area (Å²) in [5, 5.41) is 2.23. The molecule has 0 bridgehead atoms. The molecule has 0 aromatic heterocycles. The summed E-state index contributed by atoms with van der Waals surface area (Å²) in [6.07, 6.45) is -6.38. The molecule has 1 saturated heterocycles. The van der Waals surface area contributed by atoms with Crippen LogP contribution in [0.25, 0.3) is 0 Å². The monoisotopic (exact) mass is 197 g/mol. The molecular formula is C7H10F3NO2. The van der Waals surface area contributed by atoms with Crippen molar-refractivity contribution in [2.24, 2.45) is 0 Å². The molecule has 0 saturated carbocycles. The highest BCUT2D eigenvalue weighted by Crippen LogP contribution is 2.32. The van der Waals surface area contributed by atoms with Gasteiger partial charge in [-0.05, 0) is 13.8 Å². The molecule has 1 heterocycles. The van der Waals surface area contributed by atoms with E-state index in [1.807, 2.05) is 0 Å². The number of amides is 1. The van der Waals surface area contributed by atoms with Crippen molar-refractivity contribution in [1.29, 1.82) is 0 Å². The van der Waals surface area contributed by atoms with Gasteiger partial charge in [-0.15, -0.1) is 0 Å². The zero-order valence-electron chi connectivity index (χ0n) is 7.23. The molecule has 0 aromatic carbocycles. The van der Waals surface area contributed by atoms with Gasteiger partial charge in [0.15, 0.2) is 6.10 Å². The van der Waals surface area contributed by atoms with Gasteiger partial charge < -0.3 is 10.1 Å². The number of halogens is 3. The smallest absolute Gasteiger partial charge is 0.356 e. The summed E-state index contributed by atoms with van der Waals surface area (Å²) >= 11 is 0. The van der Waals surface area contributed by atoms with Crippen molar-refractivity contribution in [3.8, 4) is 0 Å². The van der Waals surface area contributed by atoms with Gasteiger partial charge in [0, 0.05) is 0 Å². The molecule has 1 aliphatic rings. The van der Waals surface area contributed by atoms with Crippen LogP contribution in [-0.2, 0) is 9.53 Å². The maximum atomic E-state index is 12.3. The summed E-state index contributed by atoms with van der Waals surface area (Å²) in [5.74, 6) is -0.523. The van der Waals surface area contributed by atoms with E-state index in [-0.39, 0.29) is 0 Å². The first kappa shape index (κ1) is 10.3. The molecule has 0 aromatic rings. The first-order valence-corrected chi connectivity index (χ1v) is 3.73. The molecule has 1 aliphatic heterocycles. The van der Waals surface area contributed by atoms with Crippen molar-refractivity contribution in [2.45, 2.75) is 31.7 Å². The van der Waals surface area contributed by atoms with Crippen molar-refractivity contribution in [2.75, 3.05) is 6.61 Å². The summed E-state index contributed by atoms with van der Waals surface area (Å²) < 4.78 is 41.3. The second-order valence-electron chi connectivity index (χ2n) is 3.50. The van der Waals surface area contributed by atoms with Crippen LogP contribution in [0.4, 0.5) is 13.2 Å². The third-order valence-electron chi connectivity index (χ3n) is 1.80. The second kappa shape index (κ2) is 2.87. The summed E-state index contributed by atoms with van der Waals surface area (Å²) in [4.78, 5) is 10.7. The number of rotatable bonds is 0. The molecule has 3 nitrogen and oxygen atoms in total. The Morgan fingerprint density at radius 2 is 2.08 bits per heavy atom. The highest BCUT2D eigenvalue weighted by atomic mass is 19.4. The van der Waals surface area contributed by atoms with E-state index < -0.39 is 30.3 Å². The maximum absolute atomic E-state index is 12.3. The van der Waals surface area contributed by atoms with Crippen LogP contribution >= 0.6 is 0 Å². The number of hydrogen-bond acceptors (Lipinski definition) is 2. The van der Waals surface area contributed by atoms with Crippen LogP contribution in [0.5, 0.6) is 0 Å². The predicted octanol–water partition coefficient (Wildman–Crippen LogP) is 0.842. The Labute approximate surface area is 73.2 Å². The van der Waals surface area contributed by atoms with Crippen LogP contribution < -0.4 is 5.32 Å². The summed E-state index contributed by atoms with van der Waals surface area (Å²) in [6, 6.07) is 0. The Morgan fingerprint density at radius 1 is 1.54 bits per heavy atom. The molecule has 1 fully saturated rings. The van der Waals surface area contributed by atoms with Crippen molar-refractivity contribution in [1.82, 2.24) is 5.32 Å². The predicted molar refractivity (Wildman–Crippen MR) is 38.0 cm³/mol. The molecular weight excluding hydrogens is 187 g/mol. The Hall–Kier alpha value is -0.780. The summed E-state index contributed by atoms with van der Waals surface area (Å²) in [5.41, 5.74) is -1.40. The van der Waals surface area contributed by atoms with Gasteiger partial charge >= 0.3 is 6.18 Å². The number of hydrogen-bond donors (Lipinski definition) is 1. The molecule has 76 valence electrons. The second-order valence-corrected chi connectivity index (χ2v) is 3.50. The number of carbonyl (C=O) groups excluding carboxylic acids is 1. The summed E-state index contributed by atoms with van der Waals surface area (Å²) in [6.45, 7) is 2.03. The lowest BCUT2D eigenvalue weighted by Crippen LogP contribution is -2.63. The molecule has 1 amide bonds. The van der Waals surface area contributed by atoms with Gasteiger partial charge in [-0.2, -0.15) is 13.2 Å².